The van der Waals surface area contributed by atoms with E-state index in [4.69, 9.17) is 17.0 Å². The van der Waals surface area contributed by atoms with Gasteiger partial charge in [0.05, 0.1) is 31.3 Å². The van der Waals surface area contributed by atoms with Crippen molar-refractivity contribution in [1.82, 2.24) is 19.8 Å². The molecule has 1 N–H and O–H groups in total. The molecule has 22 heavy (non-hydrogen) atoms. The number of aromatic nitrogens is 2. The molecule has 1 aromatic carbocycles. The number of imidazole rings is 1. The summed E-state index contributed by atoms with van der Waals surface area (Å²) in [5.41, 5.74) is 2.07. The predicted molar refractivity (Wildman–Crippen MR) is 98.2 cm³/mol. The molecule has 0 amide bonds. The Balaban J connectivity index is 1.87. The van der Waals surface area contributed by atoms with Gasteiger partial charge in [0.25, 0.3) is 0 Å². The molecule has 2 aromatic rings. The van der Waals surface area contributed by atoms with Crippen molar-refractivity contribution in [3.8, 4) is 5.69 Å². The lowest BCUT2D eigenvalue weighted by Crippen LogP contribution is -2.47. The highest BCUT2D eigenvalue weighted by atomic mass is 127. The van der Waals surface area contributed by atoms with Gasteiger partial charge in [0.15, 0.2) is 5.11 Å². The molecule has 0 aliphatic carbocycles. The van der Waals surface area contributed by atoms with E-state index in [0.29, 0.717) is 13.2 Å². The summed E-state index contributed by atoms with van der Waals surface area (Å²) < 4.78 is 8.85. The fraction of sp³-hybridized carbons (Fsp3) is 0.333. The quantitative estimate of drug-likeness (QED) is 0.588. The Hall–Kier alpha value is -1.19. The molecule has 2 heterocycles. The molecule has 0 saturated carbocycles. The van der Waals surface area contributed by atoms with Crippen LogP contribution in [0.2, 0.25) is 0 Å². The second-order valence-electron chi connectivity index (χ2n) is 5.02. The third-order valence-corrected chi connectivity index (χ3v) is 4.76. The first-order valence-electron chi connectivity index (χ1n) is 7.05. The number of morpholine rings is 1. The second kappa shape index (κ2) is 6.93. The van der Waals surface area contributed by atoms with Crippen molar-refractivity contribution < 1.29 is 4.74 Å². The number of hydrogen-bond acceptors (Lipinski definition) is 3. The molecule has 1 aliphatic rings. The fourth-order valence-electron chi connectivity index (χ4n) is 2.52. The first kappa shape index (κ1) is 15.7. The van der Waals surface area contributed by atoms with Gasteiger partial charge in [0.2, 0.25) is 0 Å². The third kappa shape index (κ3) is 3.26. The van der Waals surface area contributed by atoms with Crippen LogP contribution in [0.1, 0.15) is 11.7 Å². The lowest BCUT2D eigenvalue weighted by Gasteiger charge is -2.36. The predicted octanol–water partition coefficient (Wildman–Crippen LogP) is 2.35. The number of rotatable bonds is 2. The Kier molecular flexibility index (Phi) is 4.94. The van der Waals surface area contributed by atoms with Crippen LogP contribution in [-0.4, -0.2) is 46.4 Å². The smallest absolute Gasteiger partial charge is 0.169 e. The van der Waals surface area contributed by atoms with Gasteiger partial charge in [-0.25, -0.2) is 4.98 Å². The zero-order valence-corrected chi connectivity index (χ0v) is 15.2. The average molecular weight is 428 g/mol. The summed E-state index contributed by atoms with van der Waals surface area (Å²) in [6.45, 7) is 2.07. The van der Waals surface area contributed by atoms with Crippen molar-refractivity contribution in [3.05, 3.63) is 46.1 Å². The van der Waals surface area contributed by atoms with E-state index < -0.39 is 0 Å². The van der Waals surface area contributed by atoms with Gasteiger partial charge < -0.3 is 19.5 Å². The van der Waals surface area contributed by atoms with Crippen LogP contribution in [-0.2, 0) is 4.74 Å². The van der Waals surface area contributed by atoms with Crippen molar-refractivity contribution in [2.24, 2.45) is 0 Å². The lowest BCUT2D eigenvalue weighted by atomic mass is 10.2. The van der Waals surface area contributed by atoms with Gasteiger partial charge in [0, 0.05) is 29.0 Å². The first-order valence-corrected chi connectivity index (χ1v) is 8.53. The molecule has 1 unspecified atom stereocenters. The minimum Gasteiger partial charge on any atom is -0.377 e. The van der Waals surface area contributed by atoms with Gasteiger partial charge in [0.1, 0.15) is 0 Å². The molecule has 1 atom stereocenters. The Labute approximate surface area is 148 Å². The van der Waals surface area contributed by atoms with Crippen molar-refractivity contribution in [2.45, 2.75) is 6.04 Å². The number of thiocarbonyl (C=S) groups is 1. The van der Waals surface area contributed by atoms with Crippen LogP contribution in [0.3, 0.4) is 0 Å². The van der Waals surface area contributed by atoms with Crippen LogP contribution in [0.4, 0.5) is 0 Å². The highest BCUT2D eigenvalue weighted by Gasteiger charge is 2.28. The molecular weight excluding hydrogens is 411 g/mol. The van der Waals surface area contributed by atoms with Gasteiger partial charge >= 0.3 is 0 Å². The lowest BCUT2D eigenvalue weighted by molar-refractivity contribution is 0.0242. The standard InChI is InChI=1S/C15H17IN4OS/c1-17-15(22)20-5-6-21-9-14(20)13-8-19(10-18-13)12-4-2-3-11(16)7-12/h2-4,7-8,10,14H,5-6,9H2,1H3,(H,17,22). The van der Waals surface area contributed by atoms with Crippen molar-refractivity contribution in [1.29, 1.82) is 0 Å². The number of nitrogens with one attached hydrogen (secondary N) is 1. The van der Waals surface area contributed by atoms with E-state index >= 15 is 0 Å². The van der Waals surface area contributed by atoms with E-state index in [1.807, 2.05) is 24.0 Å². The molecule has 1 aliphatic heterocycles. The summed E-state index contributed by atoms with van der Waals surface area (Å²) in [6.07, 6.45) is 3.89. The molecule has 1 fully saturated rings. The number of ether oxygens (including phenoxy) is 1. The highest BCUT2D eigenvalue weighted by Crippen LogP contribution is 2.24. The van der Waals surface area contributed by atoms with E-state index in [-0.39, 0.29) is 6.04 Å². The minimum absolute atomic E-state index is 0.0535. The van der Waals surface area contributed by atoms with Gasteiger partial charge in [-0.3, -0.25) is 0 Å². The van der Waals surface area contributed by atoms with Gasteiger partial charge in [-0.1, -0.05) is 6.07 Å². The van der Waals surface area contributed by atoms with Crippen LogP contribution < -0.4 is 5.32 Å². The summed E-state index contributed by atoms with van der Waals surface area (Å²) in [7, 11) is 1.85. The maximum atomic E-state index is 5.62. The van der Waals surface area contributed by atoms with Crippen LogP contribution in [0.15, 0.2) is 36.8 Å². The van der Waals surface area contributed by atoms with Gasteiger partial charge in [-0.15, -0.1) is 0 Å². The molecule has 0 spiro atoms. The molecule has 3 rings (SSSR count). The monoisotopic (exact) mass is 428 g/mol. The normalized spacial score (nSPS) is 18.3. The summed E-state index contributed by atoms with van der Waals surface area (Å²) in [5.74, 6) is 0. The van der Waals surface area contributed by atoms with Gasteiger partial charge in [-0.2, -0.15) is 0 Å². The summed E-state index contributed by atoms with van der Waals surface area (Å²) in [4.78, 5) is 6.70. The molecule has 7 heteroatoms. The minimum atomic E-state index is 0.0535. The number of halogens is 1. The second-order valence-corrected chi connectivity index (χ2v) is 6.66. The first-order chi connectivity index (χ1) is 10.7. The molecule has 5 nitrogen and oxygen atoms in total. The number of nitrogens with zero attached hydrogens (tertiary/aromatic N) is 3. The summed E-state index contributed by atoms with van der Waals surface area (Å²) >= 11 is 7.71. The van der Waals surface area contributed by atoms with E-state index in [9.17, 15) is 0 Å². The number of benzene rings is 1. The highest BCUT2D eigenvalue weighted by molar-refractivity contribution is 14.1. The van der Waals surface area contributed by atoms with Gasteiger partial charge in [-0.05, 0) is 53.0 Å². The molecule has 0 bridgehead atoms. The molecule has 116 valence electrons. The summed E-state index contributed by atoms with van der Waals surface area (Å²) in [5, 5.41) is 3.78. The van der Waals surface area contributed by atoms with Crippen molar-refractivity contribution in [3.63, 3.8) is 0 Å². The van der Waals surface area contributed by atoms with Crippen LogP contribution in [0.5, 0.6) is 0 Å². The maximum absolute atomic E-state index is 5.62. The zero-order valence-electron chi connectivity index (χ0n) is 12.2. The zero-order chi connectivity index (χ0) is 15.5. The molecule has 1 aromatic heterocycles. The van der Waals surface area contributed by atoms with Crippen LogP contribution in [0, 0.1) is 3.57 Å². The Morgan fingerprint density at radius 1 is 1.50 bits per heavy atom. The SMILES string of the molecule is CNC(=S)N1CCOCC1c1cn(-c2cccc(I)c2)cn1. The Bertz CT molecular complexity index is 675. The summed E-state index contributed by atoms with van der Waals surface area (Å²) in [6, 6.07) is 8.37. The third-order valence-electron chi connectivity index (χ3n) is 3.65. The van der Waals surface area contributed by atoms with Crippen LogP contribution in [0.25, 0.3) is 5.69 Å². The molecule has 1 saturated heterocycles. The van der Waals surface area contributed by atoms with E-state index in [1.54, 1.807) is 0 Å². The molecule has 0 radical (unpaired) electrons. The number of hydrogen-bond donors (Lipinski definition) is 1. The Morgan fingerprint density at radius 2 is 2.36 bits per heavy atom. The average Bonchev–Trinajstić information content (AvgIpc) is 3.04. The van der Waals surface area contributed by atoms with E-state index in [0.717, 1.165) is 23.0 Å². The van der Waals surface area contributed by atoms with Crippen molar-refractivity contribution >= 4 is 39.9 Å². The Morgan fingerprint density at radius 3 is 3.14 bits per heavy atom. The van der Waals surface area contributed by atoms with Crippen LogP contribution >= 0.6 is 34.8 Å². The maximum Gasteiger partial charge on any atom is 0.169 e. The molecular formula is C15H17IN4OS. The van der Waals surface area contributed by atoms with E-state index in [2.05, 4.69) is 62.2 Å². The van der Waals surface area contributed by atoms with Crippen molar-refractivity contribution in [2.75, 3.05) is 26.8 Å². The largest absolute Gasteiger partial charge is 0.377 e. The topological polar surface area (TPSA) is 42.3 Å². The van der Waals surface area contributed by atoms with E-state index in [1.165, 1.54) is 3.57 Å². The fourth-order valence-corrected chi connectivity index (χ4v) is 3.27.